The third-order valence-electron chi connectivity index (χ3n) is 6.01. The Morgan fingerprint density at radius 1 is 1.00 bits per heavy atom. The van der Waals surface area contributed by atoms with Crippen molar-refractivity contribution in [2.45, 2.75) is 25.5 Å². The largest absolute Gasteiger partial charge is 0.489 e. The summed E-state index contributed by atoms with van der Waals surface area (Å²) in [5, 5.41) is 4.62. The number of aromatic amines is 1. The van der Waals surface area contributed by atoms with Crippen LogP contribution < -0.4 is 10.1 Å². The van der Waals surface area contributed by atoms with Gasteiger partial charge in [0.1, 0.15) is 18.1 Å². The molecule has 3 aromatic carbocycles. The summed E-state index contributed by atoms with van der Waals surface area (Å²) in [6.45, 7) is 0.851. The van der Waals surface area contributed by atoms with Gasteiger partial charge in [-0.15, -0.1) is 0 Å². The molecular weight excluding hydrogens is 460 g/mol. The Morgan fingerprint density at radius 3 is 2.60 bits per heavy atom. The number of aromatic nitrogens is 1. The Balaban J connectivity index is 1.38. The average Bonchev–Trinajstić information content (AvgIpc) is 3.56. The normalized spacial score (nSPS) is 11.9. The second-order valence-electron chi connectivity index (χ2n) is 8.39. The molecule has 0 aliphatic heterocycles. The molecule has 5 nitrogen and oxygen atoms in total. The number of ether oxygens (including phenoxy) is 1. The van der Waals surface area contributed by atoms with Crippen LogP contribution >= 0.6 is 11.6 Å². The summed E-state index contributed by atoms with van der Waals surface area (Å²) in [5.41, 5.74) is 4.13. The first kappa shape index (κ1) is 22.8. The second kappa shape index (κ2) is 10.5. The van der Waals surface area contributed by atoms with E-state index in [0.29, 0.717) is 23.9 Å². The average molecular weight is 485 g/mol. The number of benzene rings is 3. The molecule has 0 saturated heterocycles. The summed E-state index contributed by atoms with van der Waals surface area (Å²) in [6.07, 6.45) is 3.84. The highest BCUT2D eigenvalue weighted by molar-refractivity contribution is 6.31. The molecular formula is C29H25ClN2O3. The molecule has 0 spiro atoms. The molecule has 35 heavy (non-hydrogen) atoms. The summed E-state index contributed by atoms with van der Waals surface area (Å²) >= 11 is 6.30. The number of carbonyl (C=O) groups excluding carboxylic acids is 1. The number of hydrogen-bond donors (Lipinski definition) is 2. The number of nitrogens with one attached hydrogen (secondary N) is 2. The number of H-pyrrole nitrogens is 1. The van der Waals surface area contributed by atoms with E-state index < -0.39 is 0 Å². The van der Waals surface area contributed by atoms with Crippen LogP contribution in [-0.4, -0.2) is 10.9 Å². The highest BCUT2D eigenvalue weighted by Gasteiger charge is 2.22. The number of carbonyl (C=O) groups is 1. The molecule has 0 aliphatic carbocycles. The summed E-state index contributed by atoms with van der Waals surface area (Å²) in [5.74, 6) is 1.27. The first-order valence-corrected chi connectivity index (χ1v) is 11.9. The number of amides is 1. The molecule has 1 amide bonds. The zero-order chi connectivity index (χ0) is 24.0. The van der Waals surface area contributed by atoms with E-state index in [1.54, 1.807) is 12.3 Å². The molecule has 1 atom stereocenters. The lowest BCUT2D eigenvalue weighted by Crippen LogP contribution is -2.24. The van der Waals surface area contributed by atoms with E-state index in [1.807, 2.05) is 85.1 Å². The number of fused-ring (bicyclic) bond motifs is 1. The molecule has 2 N–H and O–H groups in total. The predicted octanol–water partition coefficient (Wildman–Crippen LogP) is 6.83. The van der Waals surface area contributed by atoms with Crippen molar-refractivity contribution in [2.75, 3.05) is 0 Å². The summed E-state index contributed by atoms with van der Waals surface area (Å²) < 4.78 is 11.3. The maximum atomic E-state index is 12.9. The van der Waals surface area contributed by atoms with Gasteiger partial charge >= 0.3 is 0 Å². The van der Waals surface area contributed by atoms with Gasteiger partial charge in [0.2, 0.25) is 5.91 Å². The molecule has 0 bridgehead atoms. The van der Waals surface area contributed by atoms with Crippen LogP contribution in [0.3, 0.4) is 0 Å². The van der Waals surface area contributed by atoms with E-state index in [4.69, 9.17) is 20.8 Å². The van der Waals surface area contributed by atoms with Gasteiger partial charge in [-0.2, -0.15) is 0 Å². The van der Waals surface area contributed by atoms with E-state index in [9.17, 15) is 4.79 Å². The Labute approximate surface area is 208 Å². The van der Waals surface area contributed by atoms with E-state index >= 15 is 0 Å². The maximum absolute atomic E-state index is 12.9. The molecule has 0 radical (unpaired) electrons. The van der Waals surface area contributed by atoms with Crippen LogP contribution in [-0.2, 0) is 17.9 Å². The Hall–Kier alpha value is -3.96. The van der Waals surface area contributed by atoms with Crippen molar-refractivity contribution in [3.8, 4) is 5.75 Å². The van der Waals surface area contributed by atoms with Gasteiger partial charge in [0.25, 0.3) is 0 Å². The van der Waals surface area contributed by atoms with Crippen molar-refractivity contribution < 1.29 is 13.9 Å². The van der Waals surface area contributed by atoms with E-state index in [1.165, 1.54) is 0 Å². The van der Waals surface area contributed by atoms with Gasteiger partial charge in [0.15, 0.2) is 0 Å². The quantitative estimate of drug-likeness (QED) is 0.241. The minimum Gasteiger partial charge on any atom is -0.489 e. The molecule has 0 aliphatic rings. The van der Waals surface area contributed by atoms with E-state index in [2.05, 4.69) is 10.3 Å². The number of rotatable bonds is 9. The van der Waals surface area contributed by atoms with Crippen LogP contribution in [0.4, 0.5) is 0 Å². The summed E-state index contributed by atoms with van der Waals surface area (Å²) in [4.78, 5) is 16.2. The maximum Gasteiger partial charge on any atom is 0.221 e. The number of hydrogen-bond acceptors (Lipinski definition) is 3. The van der Waals surface area contributed by atoms with Crippen LogP contribution in [0.15, 0.2) is 102 Å². The molecule has 6 heteroatoms. The van der Waals surface area contributed by atoms with Gasteiger partial charge in [0.05, 0.1) is 12.8 Å². The first-order chi connectivity index (χ1) is 17.2. The van der Waals surface area contributed by atoms with E-state index in [0.717, 1.165) is 33.3 Å². The minimum atomic E-state index is -0.165. The monoisotopic (exact) mass is 484 g/mol. The fourth-order valence-corrected chi connectivity index (χ4v) is 4.38. The lowest BCUT2D eigenvalue weighted by atomic mass is 9.88. The van der Waals surface area contributed by atoms with Crippen LogP contribution in [0.25, 0.3) is 10.9 Å². The lowest BCUT2D eigenvalue weighted by molar-refractivity contribution is -0.121. The van der Waals surface area contributed by atoms with Gasteiger partial charge in [-0.05, 0) is 59.2 Å². The van der Waals surface area contributed by atoms with Gasteiger partial charge in [0, 0.05) is 34.5 Å². The van der Waals surface area contributed by atoms with Crippen LogP contribution in [0, 0.1) is 0 Å². The molecule has 5 rings (SSSR count). The van der Waals surface area contributed by atoms with Gasteiger partial charge in [-0.3, -0.25) is 4.79 Å². The van der Waals surface area contributed by atoms with Crippen molar-refractivity contribution in [3.05, 3.63) is 125 Å². The molecule has 0 fully saturated rings. The third-order valence-corrected chi connectivity index (χ3v) is 6.25. The summed E-state index contributed by atoms with van der Waals surface area (Å²) in [7, 11) is 0. The molecule has 1 unspecified atom stereocenters. The lowest BCUT2D eigenvalue weighted by Gasteiger charge is -2.18. The minimum absolute atomic E-state index is 0.0628. The van der Waals surface area contributed by atoms with Gasteiger partial charge < -0.3 is 19.5 Å². The zero-order valence-corrected chi connectivity index (χ0v) is 19.8. The van der Waals surface area contributed by atoms with Crippen molar-refractivity contribution in [1.82, 2.24) is 10.3 Å². The SMILES string of the molecule is O=C(CC(c1ccc(OCc2ccccc2)cc1)c1c[nH]c2ccc(Cl)cc12)NCc1ccco1. The summed E-state index contributed by atoms with van der Waals surface area (Å²) in [6, 6.07) is 27.4. The highest BCUT2D eigenvalue weighted by atomic mass is 35.5. The Kier molecular flexibility index (Phi) is 6.87. The van der Waals surface area contributed by atoms with Crippen molar-refractivity contribution >= 4 is 28.4 Å². The highest BCUT2D eigenvalue weighted by Crippen LogP contribution is 2.35. The smallest absolute Gasteiger partial charge is 0.221 e. The van der Waals surface area contributed by atoms with E-state index in [-0.39, 0.29) is 18.2 Å². The second-order valence-corrected chi connectivity index (χ2v) is 8.83. The first-order valence-electron chi connectivity index (χ1n) is 11.5. The topological polar surface area (TPSA) is 67.3 Å². The van der Waals surface area contributed by atoms with Crippen molar-refractivity contribution in [3.63, 3.8) is 0 Å². The van der Waals surface area contributed by atoms with Crippen molar-refractivity contribution in [2.24, 2.45) is 0 Å². The van der Waals surface area contributed by atoms with Crippen LogP contribution in [0.2, 0.25) is 5.02 Å². The van der Waals surface area contributed by atoms with Gasteiger partial charge in [-0.1, -0.05) is 54.1 Å². The fourth-order valence-electron chi connectivity index (χ4n) is 4.20. The molecule has 2 aromatic heterocycles. The zero-order valence-electron chi connectivity index (χ0n) is 19.0. The number of halogens is 1. The molecule has 2 heterocycles. The van der Waals surface area contributed by atoms with Gasteiger partial charge in [-0.25, -0.2) is 0 Å². The number of furan rings is 1. The van der Waals surface area contributed by atoms with Crippen molar-refractivity contribution in [1.29, 1.82) is 0 Å². The third kappa shape index (κ3) is 5.58. The Bertz CT molecular complexity index is 1390. The molecule has 5 aromatic rings. The molecule has 0 saturated carbocycles. The standard InChI is InChI=1S/C29H25ClN2O3/c30-22-10-13-28-26(15-22)27(18-31-28)25(16-29(33)32-17-24-7-4-14-34-24)21-8-11-23(12-9-21)35-19-20-5-2-1-3-6-20/h1-15,18,25,31H,16-17,19H2,(H,32,33). The van der Waals surface area contributed by atoms with Crippen LogP contribution in [0.5, 0.6) is 5.75 Å². The van der Waals surface area contributed by atoms with Crippen LogP contribution in [0.1, 0.15) is 34.8 Å². The predicted molar refractivity (Wildman–Crippen MR) is 138 cm³/mol. The fraction of sp³-hybridized carbons (Fsp3) is 0.138. The Morgan fingerprint density at radius 2 is 1.83 bits per heavy atom. The molecule has 176 valence electrons.